The van der Waals surface area contributed by atoms with E-state index < -0.39 is 11.3 Å². The van der Waals surface area contributed by atoms with Gasteiger partial charge in [-0.2, -0.15) is 0 Å². The first-order chi connectivity index (χ1) is 16.0. The molecule has 0 aliphatic heterocycles. The van der Waals surface area contributed by atoms with E-state index in [-0.39, 0.29) is 5.92 Å². The van der Waals surface area contributed by atoms with Crippen molar-refractivity contribution in [1.29, 1.82) is 0 Å². The highest BCUT2D eigenvalue weighted by atomic mass is 35.5. The molecule has 0 aliphatic carbocycles. The Morgan fingerprint density at radius 3 is 1.76 bits per heavy atom. The summed E-state index contributed by atoms with van der Waals surface area (Å²) < 4.78 is 11.3. The molecule has 182 valence electrons. The van der Waals surface area contributed by atoms with Gasteiger partial charge in [0.15, 0.2) is 0 Å². The standard InChI is InChI=1S/C29H41ClO3/c1-4-6-7-8-9-10-11-12-13-22-32-26-18-14-24(15-19-26)25-16-20-27(21-17-25)33-29(31)28(30)23(3)5-2/h14-21,23,28H,4-13,22H2,1-3H3. The molecule has 3 nitrogen and oxygen atoms in total. The van der Waals surface area contributed by atoms with E-state index in [1.165, 1.54) is 51.4 Å². The Kier molecular flexibility index (Phi) is 13.0. The predicted molar refractivity (Wildman–Crippen MR) is 139 cm³/mol. The third-order valence-electron chi connectivity index (χ3n) is 6.15. The number of hydrogen-bond acceptors (Lipinski definition) is 3. The van der Waals surface area contributed by atoms with Crippen molar-refractivity contribution < 1.29 is 14.3 Å². The molecule has 0 aromatic heterocycles. The largest absolute Gasteiger partial charge is 0.494 e. The fourth-order valence-corrected chi connectivity index (χ4v) is 3.90. The quantitative estimate of drug-likeness (QED) is 0.106. The van der Waals surface area contributed by atoms with Gasteiger partial charge in [-0.05, 0) is 47.7 Å². The van der Waals surface area contributed by atoms with E-state index in [1.807, 2.05) is 50.2 Å². The Balaban J connectivity index is 1.70. The predicted octanol–water partition coefficient (Wildman–Crippen LogP) is 8.82. The Labute approximate surface area is 205 Å². The first-order valence-corrected chi connectivity index (χ1v) is 13.2. The van der Waals surface area contributed by atoms with E-state index in [2.05, 4.69) is 19.1 Å². The monoisotopic (exact) mass is 472 g/mol. The molecule has 4 heteroatoms. The first-order valence-electron chi connectivity index (χ1n) is 12.7. The second kappa shape index (κ2) is 15.8. The number of unbranched alkanes of at least 4 members (excludes halogenated alkanes) is 8. The van der Waals surface area contributed by atoms with Crippen LogP contribution in [0, 0.1) is 5.92 Å². The van der Waals surface area contributed by atoms with Crippen LogP contribution in [0.1, 0.15) is 85.0 Å². The van der Waals surface area contributed by atoms with E-state index in [4.69, 9.17) is 21.1 Å². The molecular formula is C29H41ClO3. The van der Waals surface area contributed by atoms with E-state index in [0.29, 0.717) is 5.75 Å². The molecule has 0 radical (unpaired) electrons. The lowest BCUT2D eigenvalue weighted by atomic mass is 10.0. The van der Waals surface area contributed by atoms with Crippen molar-refractivity contribution in [1.82, 2.24) is 0 Å². The molecule has 2 aromatic rings. The number of alkyl halides is 1. The van der Waals surface area contributed by atoms with Crippen LogP contribution in [0.5, 0.6) is 11.5 Å². The molecule has 2 aromatic carbocycles. The van der Waals surface area contributed by atoms with Crippen LogP contribution in [0.3, 0.4) is 0 Å². The minimum atomic E-state index is -0.627. The van der Waals surface area contributed by atoms with Crippen molar-refractivity contribution in [3.63, 3.8) is 0 Å². The molecule has 0 saturated heterocycles. The van der Waals surface area contributed by atoms with Crippen molar-refractivity contribution in [2.24, 2.45) is 5.92 Å². The fourth-order valence-electron chi connectivity index (χ4n) is 3.67. The first kappa shape index (κ1) is 27.2. The lowest BCUT2D eigenvalue weighted by molar-refractivity contribution is -0.134. The van der Waals surface area contributed by atoms with Gasteiger partial charge < -0.3 is 9.47 Å². The zero-order chi connectivity index (χ0) is 23.9. The van der Waals surface area contributed by atoms with Gasteiger partial charge in [0.2, 0.25) is 0 Å². The van der Waals surface area contributed by atoms with Gasteiger partial charge in [0, 0.05) is 0 Å². The van der Waals surface area contributed by atoms with Crippen molar-refractivity contribution in [3.8, 4) is 22.6 Å². The van der Waals surface area contributed by atoms with E-state index in [0.717, 1.165) is 36.3 Å². The van der Waals surface area contributed by atoms with Crippen LogP contribution >= 0.6 is 11.6 Å². The summed E-state index contributed by atoms with van der Waals surface area (Å²) in [6.07, 6.45) is 12.7. The Morgan fingerprint density at radius 1 is 0.758 bits per heavy atom. The summed E-state index contributed by atoms with van der Waals surface area (Å²) in [6.45, 7) is 6.99. The topological polar surface area (TPSA) is 35.5 Å². The molecule has 2 unspecified atom stereocenters. The minimum Gasteiger partial charge on any atom is -0.494 e. The second-order valence-electron chi connectivity index (χ2n) is 8.93. The smallest absolute Gasteiger partial charge is 0.329 e. The molecule has 0 spiro atoms. The molecule has 0 N–H and O–H groups in total. The van der Waals surface area contributed by atoms with Gasteiger partial charge in [0.1, 0.15) is 16.9 Å². The maximum Gasteiger partial charge on any atom is 0.329 e. The number of rotatable bonds is 16. The van der Waals surface area contributed by atoms with Crippen LogP contribution in [0.2, 0.25) is 0 Å². The van der Waals surface area contributed by atoms with Crippen molar-refractivity contribution >= 4 is 17.6 Å². The van der Waals surface area contributed by atoms with Crippen LogP contribution < -0.4 is 9.47 Å². The van der Waals surface area contributed by atoms with Crippen LogP contribution in [0.4, 0.5) is 0 Å². The number of ether oxygens (including phenoxy) is 2. The minimum absolute atomic E-state index is 0.0829. The zero-order valence-corrected chi connectivity index (χ0v) is 21.4. The van der Waals surface area contributed by atoms with Crippen molar-refractivity contribution in [2.75, 3.05) is 6.61 Å². The molecule has 0 heterocycles. The van der Waals surface area contributed by atoms with Crippen LogP contribution in [0.25, 0.3) is 11.1 Å². The Morgan fingerprint density at radius 2 is 1.24 bits per heavy atom. The van der Waals surface area contributed by atoms with E-state index >= 15 is 0 Å². The normalized spacial score (nSPS) is 12.8. The maximum absolute atomic E-state index is 12.1. The lowest BCUT2D eigenvalue weighted by Crippen LogP contribution is -2.26. The van der Waals surface area contributed by atoms with Gasteiger partial charge in [-0.25, -0.2) is 0 Å². The lowest BCUT2D eigenvalue weighted by Gasteiger charge is -2.15. The SMILES string of the molecule is CCCCCCCCCCCOc1ccc(-c2ccc(OC(=O)C(Cl)C(C)CC)cc2)cc1. The third-order valence-corrected chi connectivity index (χ3v) is 6.75. The summed E-state index contributed by atoms with van der Waals surface area (Å²) in [5.74, 6) is 1.10. The average molecular weight is 473 g/mol. The molecule has 0 aliphatic rings. The molecule has 0 bridgehead atoms. The average Bonchev–Trinajstić information content (AvgIpc) is 2.85. The summed E-state index contributed by atoms with van der Waals surface area (Å²) in [4.78, 5) is 12.1. The van der Waals surface area contributed by atoms with Gasteiger partial charge in [-0.1, -0.05) is 103 Å². The molecule has 0 amide bonds. The van der Waals surface area contributed by atoms with Crippen LogP contribution in [-0.2, 0) is 4.79 Å². The van der Waals surface area contributed by atoms with Crippen LogP contribution in [0.15, 0.2) is 48.5 Å². The summed E-state index contributed by atoms with van der Waals surface area (Å²) >= 11 is 6.18. The summed E-state index contributed by atoms with van der Waals surface area (Å²) in [5, 5.41) is -0.627. The Bertz CT molecular complexity index is 786. The number of carbonyl (C=O) groups is 1. The van der Waals surface area contributed by atoms with Crippen molar-refractivity contribution in [2.45, 2.75) is 90.4 Å². The summed E-state index contributed by atoms with van der Waals surface area (Å²) in [7, 11) is 0. The number of carbonyl (C=O) groups excluding carboxylic acids is 1. The summed E-state index contributed by atoms with van der Waals surface area (Å²) in [6, 6.07) is 15.7. The maximum atomic E-state index is 12.1. The third kappa shape index (κ3) is 10.2. The highest BCUT2D eigenvalue weighted by molar-refractivity contribution is 6.30. The van der Waals surface area contributed by atoms with E-state index in [1.54, 1.807) is 0 Å². The molecule has 2 atom stereocenters. The second-order valence-corrected chi connectivity index (χ2v) is 9.40. The van der Waals surface area contributed by atoms with Crippen LogP contribution in [-0.4, -0.2) is 18.0 Å². The number of halogens is 1. The Hall–Kier alpha value is -2.00. The van der Waals surface area contributed by atoms with Gasteiger partial charge in [0.05, 0.1) is 6.61 Å². The zero-order valence-electron chi connectivity index (χ0n) is 20.7. The highest BCUT2D eigenvalue weighted by Crippen LogP contribution is 2.26. The van der Waals surface area contributed by atoms with Gasteiger partial charge in [-0.3, -0.25) is 4.79 Å². The fraction of sp³-hybridized carbons (Fsp3) is 0.552. The summed E-state index contributed by atoms with van der Waals surface area (Å²) in [5.41, 5.74) is 2.16. The molecular weight excluding hydrogens is 432 g/mol. The molecule has 0 saturated carbocycles. The number of hydrogen-bond donors (Lipinski definition) is 0. The number of esters is 1. The van der Waals surface area contributed by atoms with E-state index in [9.17, 15) is 4.79 Å². The van der Waals surface area contributed by atoms with Gasteiger partial charge >= 0.3 is 5.97 Å². The van der Waals surface area contributed by atoms with Gasteiger partial charge in [0.25, 0.3) is 0 Å². The molecule has 0 fully saturated rings. The highest BCUT2D eigenvalue weighted by Gasteiger charge is 2.23. The molecule has 2 rings (SSSR count). The van der Waals surface area contributed by atoms with Crippen molar-refractivity contribution in [3.05, 3.63) is 48.5 Å². The van der Waals surface area contributed by atoms with Gasteiger partial charge in [-0.15, -0.1) is 11.6 Å². The molecule has 33 heavy (non-hydrogen) atoms. The number of benzene rings is 2.